The standard InChI is InChI=1S/C28H17FN8OS/c29-23-7-6-22(39-23)18-8-9-31-26-24(18)34-27(35-26)25-19-11-20(32-14-21(19)36-37-25)16-10-17(13-30-12-16)33-28(38)15-4-2-1-3-5-15/h1-14H,(H,33,38)(H,36,37)(H,31,34,35). The number of amides is 1. The van der Waals surface area contributed by atoms with Crippen LogP contribution in [0.15, 0.2) is 85.5 Å². The van der Waals surface area contributed by atoms with Crippen molar-refractivity contribution in [1.82, 2.24) is 35.1 Å². The number of rotatable bonds is 5. The van der Waals surface area contributed by atoms with Gasteiger partial charge >= 0.3 is 0 Å². The van der Waals surface area contributed by atoms with Crippen LogP contribution in [0.5, 0.6) is 0 Å². The molecular weight excluding hydrogens is 515 g/mol. The Morgan fingerprint density at radius 3 is 2.72 bits per heavy atom. The van der Waals surface area contributed by atoms with Crippen LogP contribution in [0, 0.1) is 5.13 Å². The number of halogens is 1. The van der Waals surface area contributed by atoms with Crippen molar-refractivity contribution in [3.05, 3.63) is 96.1 Å². The first-order chi connectivity index (χ1) is 19.1. The van der Waals surface area contributed by atoms with Crippen LogP contribution in [0.2, 0.25) is 0 Å². The van der Waals surface area contributed by atoms with Gasteiger partial charge in [-0.2, -0.15) is 9.49 Å². The zero-order valence-electron chi connectivity index (χ0n) is 20.0. The molecule has 7 rings (SSSR count). The summed E-state index contributed by atoms with van der Waals surface area (Å²) < 4.78 is 13.7. The number of H-pyrrole nitrogens is 2. The number of fused-ring (bicyclic) bond motifs is 2. The van der Waals surface area contributed by atoms with E-state index in [4.69, 9.17) is 4.98 Å². The fraction of sp³-hybridized carbons (Fsp3) is 0. The molecule has 9 nitrogen and oxygen atoms in total. The van der Waals surface area contributed by atoms with Gasteiger partial charge in [-0.15, -0.1) is 11.3 Å². The van der Waals surface area contributed by atoms with Gasteiger partial charge in [0.1, 0.15) is 11.2 Å². The van der Waals surface area contributed by atoms with E-state index < -0.39 is 0 Å². The number of carbonyl (C=O) groups is 1. The molecule has 11 heteroatoms. The quantitative estimate of drug-likeness (QED) is 0.247. The van der Waals surface area contributed by atoms with Gasteiger partial charge in [-0.1, -0.05) is 18.2 Å². The van der Waals surface area contributed by atoms with Crippen molar-refractivity contribution >= 4 is 45.0 Å². The Hall–Kier alpha value is -5.29. The predicted octanol–water partition coefficient (Wildman–Crippen LogP) is 6.08. The third kappa shape index (κ3) is 4.20. The van der Waals surface area contributed by atoms with Crippen LogP contribution in [0.4, 0.5) is 10.1 Å². The highest BCUT2D eigenvalue weighted by Gasteiger charge is 2.18. The van der Waals surface area contributed by atoms with Gasteiger partial charge in [-0.3, -0.25) is 19.9 Å². The van der Waals surface area contributed by atoms with E-state index in [0.717, 1.165) is 38.2 Å². The molecule has 0 bridgehead atoms. The maximum absolute atomic E-state index is 13.7. The van der Waals surface area contributed by atoms with E-state index in [9.17, 15) is 9.18 Å². The fourth-order valence-electron chi connectivity index (χ4n) is 4.38. The monoisotopic (exact) mass is 532 g/mol. The second-order valence-corrected chi connectivity index (χ2v) is 9.75. The number of aromatic nitrogens is 7. The molecule has 6 aromatic heterocycles. The number of hydrogen-bond donors (Lipinski definition) is 3. The zero-order chi connectivity index (χ0) is 26.3. The molecule has 0 radical (unpaired) electrons. The van der Waals surface area contributed by atoms with Crippen molar-refractivity contribution in [2.24, 2.45) is 0 Å². The van der Waals surface area contributed by atoms with E-state index in [-0.39, 0.29) is 11.0 Å². The first-order valence-corrected chi connectivity index (χ1v) is 12.7. The average molecular weight is 533 g/mol. The highest BCUT2D eigenvalue weighted by molar-refractivity contribution is 7.14. The van der Waals surface area contributed by atoms with Crippen LogP contribution in [0.3, 0.4) is 0 Å². The van der Waals surface area contributed by atoms with Crippen LogP contribution >= 0.6 is 11.3 Å². The van der Waals surface area contributed by atoms with Crippen LogP contribution in [-0.4, -0.2) is 41.0 Å². The summed E-state index contributed by atoms with van der Waals surface area (Å²) in [6, 6.07) is 17.7. The highest BCUT2D eigenvalue weighted by atomic mass is 32.1. The number of imidazole rings is 1. The van der Waals surface area contributed by atoms with Crippen LogP contribution in [-0.2, 0) is 0 Å². The Bertz CT molecular complexity index is 2000. The van der Waals surface area contributed by atoms with Crippen LogP contribution in [0.25, 0.3) is 55.3 Å². The molecule has 0 spiro atoms. The van der Waals surface area contributed by atoms with Crippen molar-refractivity contribution in [3.8, 4) is 33.2 Å². The molecule has 188 valence electrons. The van der Waals surface area contributed by atoms with Crippen molar-refractivity contribution in [1.29, 1.82) is 0 Å². The van der Waals surface area contributed by atoms with Crippen molar-refractivity contribution in [2.45, 2.75) is 0 Å². The van der Waals surface area contributed by atoms with Gasteiger partial charge in [-0.25, -0.2) is 9.97 Å². The number of thiophene rings is 1. The molecule has 0 aliphatic carbocycles. The fourth-order valence-corrected chi connectivity index (χ4v) is 5.13. The summed E-state index contributed by atoms with van der Waals surface area (Å²) in [4.78, 5) is 34.6. The van der Waals surface area contributed by atoms with Crippen LogP contribution < -0.4 is 5.32 Å². The maximum atomic E-state index is 13.7. The molecule has 0 atom stereocenters. The maximum Gasteiger partial charge on any atom is 0.255 e. The van der Waals surface area contributed by atoms with E-state index in [0.29, 0.717) is 39.6 Å². The van der Waals surface area contributed by atoms with Gasteiger partial charge in [0.2, 0.25) is 0 Å². The van der Waals surface area contributed by atoms with Gasteiger partial charge < -0.3 is 10.3 Å². The molecule has 0 saturated carbocycles. The molecule has 0 unspecified atom stereocenters. The van der Waals surface area contributed by atoms with Crippen LogP contribution in [0.1, 0.15) is 10.4 Å². The summed E-state index contributed by atoms with van der Waals surface area (Å²) in [6.45, 7) is 0. The topological polar surface area (TPSA) is 125 Å². The lowest BCUT2D eigenvalue weighted by atomic mass is 10.1. The van der Waals surface area contributed by atoms with Gasteiger partial charge in [0, 0.05) is 39.3 Å². The summed E-state index contributed by atoms with van der Waals surface area (Å²) in [7, 11) is 0. The lowest BCUT2D eigenvalue weighted by molar-refractivity contribution is 0.102. The number of nitrogens with zero attached hydrogens (tertiary/aromatic N) is 5. The summed E-state index contributed by atoms with van der Waals surface area (Å²) in [5, 5.41) is 10.9. The average Bonchev–Trinajstić information content (AvgIpc) is 3.71. The molecule has 0 aliphatic heterocycles. The molecule has 1 aromatic carbocycles. The third-order valence-corrected chi connectivity index (χ3v) is 7.13. The molecular formula is C28H17FN8OS. The molecule has 0 aliphatic rings. The first-order valence-electron chi connectivity index (χ1n) is 11.9. The van der Waals surface area contributed by atoms with Crippen molar-refractivity contribution in [2.75, 3.05) is 5.32 Å². The Balaban J connectivity index is 1.25. The van der Waals surface area contributed by atoms with Crippen molar-refractivity contribution in [3.63, 3.8) is 0 Å². The number of carbonyl (C=O) groups excluding carboxylic acids is 1. The summed E-state index contributed by atoms with van der Waals surface area (Å²) in [6.07, 6.45) is 6.63. The molecule has 39 heavy (non-hydrogen) atoms. The second kappa shape index (κ2) is 9.23. The molecule has 0 saturated heterocycles. The lowest BCUT2D eigenvalue weighted by Gasteiger charge is -2.07. The minimum absolute atomic E-state index is 0.224. The number of aromatic amines is 2. The van der Waals surface area contributed by atoms with Crippen molar-refractivity contribution < 1.29 is 9.18 Å². The number of pyridine rings is 3. The van der Waals surface area contributed by atoms with E-state index in [1.165, 1.54) is 6.07 Å². The second-order valence-electron chi connectivity index (χ2n) is 8.71. The summed E-state index contributed by atoms with van der Waals surface area (Å²) in [5.41, 5.74) is 5.80. The number of anilines is 1. The molecule has 1 amide bonds. The Morgan fingerprint density at radius 2 is 1.87 bits per heavy atom. The van der Waals surface area contributed by atoms with Gasteiger partial charge in [0.25, 0.3) is 5.91 Å². The van der Waals surface area contributed by atoms with E-state index in [1.807, 2.05) is 36.4 Å². The Morgan fingerprint density at radius 1 is 0.974 bits per heavy atom. The largest absolute Gasteiger partial charge is 0.321 e. The number of hydrogen-bond acceptors (Lipinski definition) is 7. The third-order valence-electron chi connectivity index (χ3n) is 6.22. The minimum atomic E-state index is -0.262. The Kier molecular flexibility index (Phi) is 5.41. The predicted molar refractivity (Wildman–Crippen MR) is 148 cm³/mol. The molecule has 3 N–H and O–H groups in total. The molecule has 6 heterocycles. The number of nitrogens with one attached hydrogen (secondary N) is 3. The van der Waals surface area contributed by atoms with E-state index >= 15 is 0 Å². The minimum Gasteiger partial charge on any atom is -0.321 e. The summed E-state index contributed by atoms with van der Waals surface area (Å²) >= 11 is 1.06. The molecule has 7 aromatic rings. The Labute approximate surface area is 223 Å². The normalized spacial score (nSPS) is 11.3. The van der Waals surface area contributed by atoms with Gasteiger partial charge in [-0.05, 0) is 42.5 Å². The summed E-state index contributed by atoms with van der Waals surface area (Å²) in [5.74, 6) is 0.297. The van der Waals surface area contributed by atoms with Gasteiger partial charge in [0.05, 0.1) is 29.3 Å². The molecule has 0 fully saturated rings. The lowest BCUT2D eigenvalue weighted by Crippen LogP contribution is -2.11. The highest BCUT2D eigenvalue weighted by Crippen LogP contribution is 2.34. The van der Waals surface area contributed by atoms with E-state index in [2.05, 4.69) is 35.5 Å². The zero-order valence-corrected chi connectivity index (χ0v) is 20.8. The smallest absolute Gasteiger partial charge is 0.255 e. The number of benzene rings is 1. The van der Waals surface area contributed by atoms with E-state index in [1.54, 1.807) is 43.0 Å². The SMILES string of the molecule is O=C(Nc1cncc(-c2cc3c(-c4nc5c(-c6ccc(F)s6)ccnc5[nH]4)n[nH]c3cn2)c1)c1ccccc1. The first kappa shape index (κ1) is 22.9. The van der Waals surface area contributed by atoms with Gasteiger partial charge in [0.15, 0.2) is 16.6 Å².